The van der Waals surface area contributed by atoms with Gasteiger partial charge in [-0.1, -0.05) is 0 Å². The van der Waals surface area contributed by atoms with Crippen molar-refractivity contribution in [1.82, 2.24) is 15.2 Å². The van der Waals surface area contributed by atoms with Crippen molar-refractivity contribution in [3.05, 3.63) is 17.3 Å². The first-order valence-corrected chi connectivity index (χ1v) is 4.84. The number of oxazole rings is 1. The summed E-state index contributed by atoms with van der Waals surface area (Å²) in [6.07, 6.45) is 0. The van der Waals surface area contributed by atoms with Crippen LogP contribution in [0, 0.1) is 13.8 Å². The SMILES string of the molecule is Cc1nc(CNCC(=O)N(C)C)oc1C. The predicted molar refractivity (Wildman–Crippen MR) is 56.4 cm³/mol. The third-order valence-corrected chi connectivity index (χ3v) is 2.12. The molecule has 1 amide bonds. The van der Waals surface area contributed by atoms with Crippen molar-refractivity contribution in [2.45, 2.75) is 20.4 Å². The van der Waals surface area contributed by atoms with Crippen molar-refractivity contribution in [2.75, 3.05) is 20.6 Å². The molecule has 0 radical (unpaired) electrons. The molecule has 0 aromatic carbocycles. The Kier molecular flexibility index (Phi) is 3.85. The van der Waals surface area contributed by atoms with E-state index < -0.39 is 0 Å². The fourth-order valence-corrected chi connectivity index (χ4v) is 1.05. The van der Waals surface area contributed by atoms with E-state index in [4.69, 9.17) is 4.42 Å². The number of aryl methyl sites for hydroxylation is 2. The van der Waals surface area contributed by atoms with Crippen LogP contribution in [0.1, 0.15) is 17.3 Å². The van der Waals surface area contributed by atoms with Crippen LogP contribution in [0.5, 0.6) is 0 Å². The smallest absolute Gasteiger partial charge is 0.236 e. The highest BCUT2D eigenvalue weighted by Gasteiger charge is 2.06. The second kappa shape index (κ2) is 4.93. The fraction of sp³-hybridized carbons (Fsp3) is 0.600. The molecule has 84 valence electrons. The van der Waals surface area contributed by atoms with Crippen LogP contribution in [0.15, 0.2) is 4.42 Å². The van der Waals surface area contributed by atoms with Crippen molar-refractivity contribution < 1.29 is 9.21 Å². The van der Waals surface area contributed by atoms with Gasteiger partial charge in [0.2, 0.25) is 11.8 Å². The van der Waals surface area contributed by atoms with Gasteiger partial charge in [-0.2, -0.15) is 0 Å². The fourth-order valence-electron chi connectivity index (χ4n) is 1.05. The van der Waals surface area contributed by atoms with E-state index in [0.717, 1.165) is 11.5 Å². The van der Waals surface area contributed by atoms with Crippen LogP contribution in [0.3, 0.4) is 0 Å². The average molecular weight is 211 g/mol. The molecule has 0 fully saturated rings. The van der Waals surface area contributed by atoms with Crippen LogP contribution in [-0.4, -0.2) is 36.4 Å². The molecule has 0 unspecified atom stereocenters. The monoisotopic (exact) mass is 211 g/mol. The van der Waals surface area contributed by atoms with Gasteiger partial charge < -0.3 is 9.32 Å². The lowest BCUT2D eigenvalue weighted by Gasteiger charge is -2.09. The standard InChI is InChI=1S/C10H17N3O2/c1-7-8(2)15-9(12-7)5-11-6-10(14)13(3)4/h11H,5-6H2,1-4H3. The Morgan fingerprint density at radius 1 is 1.47 bits per heavy atom. The van der Waals surface area contributed by atoms with Gasteiger partial charge in [0.05, 0.1) is 18.8 Å². The summed E-state index contributed by atoms with van der Waals surface area (Å²) in [6.45, 7) is 4.55. The molecule has 0 saturated carbocycles. The number of carbonyl (C=O) groups is 1. The molecular weight excluding hydrogens is 194 g/mol. The van der Waals surface area contributed by atoms with Gasteiger partial charge >= 0.3 is 0 Å². The summed E-state index contributed by atoms with van der Waals surface area (Å²) < 4.78 is 5.36. The van der Waals surface area contributed by atoms with E-state index in [-0.39, 0.29) is 5.91 Å². The zero-order valence-corrected chi connectivity index (χ0v) is 9.63. The molecule has 1 N–H and O–H groups in total. The number of likely N-dealkylation sites (N-methyl/N-ethyl adjacent to an activating group) is 1. The molecule has 0 bridgehead atoms. The van der Waals surface area contributed by atoms with Crippen molar-refractivity contribution in [3.8, 4) is 0 Å². The zero-order chi connectivity index (χ0) is 11.4. The van der Waals surface area contributed by atoms with Gasteiger partial charge in [0, 0.05) is 14.1 Å². The molecule has 1 aromatic heterocycles. The third-order valence-electron chi connectivity index (χ3n) is 2.12. The van der Waals surface area contributed by atoms with Crippen LogP contribution < -0.4 is 5.32 Å². The number of carbonyl (C=O) groups excluding carboxylic acids is 1. The van der Waals surface area contributed by atoms with Gasteiger partial charge in [-0.15, -0.1) is 0 Å². The maximum absolute atomic E-state index is 11.2. The third kappa shape index (κ3) is 3.36. The molecular formula is C10H17N3O2. The molecule has 15 heavy (non-hydrogen) atoms. The van der Waals surface area contributed by atoms with Crippen LogP contribution in [0.25, 0.3) is 0 Å². The molecule has 0 aliphatic rings. The maximum atomic E-state index is 11.2. The van der Waals surface area contributed by atoms with Gasteiger partial charge in [-0.3, -0.25) is 10.1 Å². The van der Waals surface area contributed by atoms with Crippen molar-refractivity contribution >= 4 is 5.91 Å². The number of aromatic nitrogens is 1. The number of nitrogens with one attached hydrogen (secondary N) is 1. The molecule has 0 spiro atoms. The van der Waals surface area contributed by atoms with Gasteiger partial charge in [-0.05, 0) is 13.8 Å². The van der Waals surface area contributed by atoms with Gasteiger partial charge in [0.15, 0.2) is 0 Å². The Bertz CT molecular complexity index is 325. The van der Waals surface area contributed by atoms with Crippen molar-refractivity contribution in [1.29, 1.82) is 0 Å². The number of hydrogen-bond acceptors (Lipinski definition) is 4. The first-order valence-electron chi connectivity index (χ1n) is 4.84. The number of hydrogen-bond donors (Lipinski definition) is 1. The highest BCUT2D eigenvalue weighted by atomic mass is 16.4. The first-order chi connectivity index (χ1) is 7.00. The molecule has 1 heterocycles. The second-order valence-electron chi connectivity index (χ2n) is 3.64. The number of nitrogens with zero attached hydrogens (tertiary/aromatic N) is 2. The Labute approximate surface area is 89.5 Å². The molecule has 0 aliphatic carbocycles. The highest BCUT2D eigenvalue weighted by Crippen LogP contribution is 2.07. The minimum atomic E-state index is 0.0370. The van der Waals surface area contributed by atoms with E-state index in [1.807, 2.05) is 13.8 Å². The van der Waals surface area contributed by atoms with E-state index in [1.165, 1.54) is 0 Å². The number of rotatable bonds is 4. The summed E-state index contributed by atoms with van der Waals surface area (Å²) in [5.41, 5.74) is 0.894. The average Bonchev–Trinajstić information content (AvgIpc) is 2.46. The van der Waals surface area contributed by atoms with Gasteiger partial charge in [0.25, 0.3) is 0 Å². The molecule has 0 aliphatic heterocycles. The first kappa shape index (κ1) is 11.7. The summed E-state index contributed by atoms with van der Waals surface area (Å²) >= 11 is 0. The summed E-state index contributed by atoms with van der Waals surface area (Å²) in [4.78, 5) is 17.0. The zero-order valence-electron chi connectivity index (χ0n) is 9.63. The van der Waals surface area contributed by atoms with Crippen LogP contribution in [0.4, 0.5) is 0 Å². The molecule has 1 aromatic rings. The predicted octanol–water partition coefficient (Wildman–Crippen LogP) is 0.469. The number of amides is 1. The highest BCUT2D eigenvalue weighted by molar-refractivity contribution is 5.77. The quantitative estimate of drug-likeness (QED) is 0.786. The van der Waals surface area contributed by atoms with Crippen LogP contribution in [0.2, 0.25) is 0 Å². The summed E-state index contributed by atoms with van der Waals surface area (Å²) in [5, 5.41) is 2.98. The minimum absolute atomic E-state index is 0.0370. The van der Waals surface area contributed by atoms with E-state index in [9.17, 15) is 4.79 Å². The topological polar surface area (TPSA) is 58.4 Å². The summed E-state index contributed by atoms with van der Waals surface area (Å²) in [5.74, 6) is 1.48. The van der Waals surface area contributed by atoms with Crippen molar-refractivity contribution in [3.63, 3.8) is 0 Å². The molecule has 5 heteroatoms. The Hall–Kier alpha value is -1.36. The lowest BCUT2D eigenvalue weighted by atomic mass is 10.4. The van der Waals surface area contributed by atoms with E-state index in [0.29, 0.717) is 19.0 Å². The Balaban J connectivity index is 2.35. The molecule has 0 saturated heterocycles. The maximum Gasteiger partial charge on any atom is 0.236 e. The normalized spacial score (nSPS) is 10.4. The largest absolute Gasteiger partial charge is 0.444 e. The van der Waals surface area contributed by atoms with Gasteiger partial charge in [-0.25, -0.2) is 4.98 Å². The van der Waals surface area contributed by atoms with E-state index >= 15 is 0 Å². The molecule has 1 rings (SSSR count). The van der Waals surface area contributed by atoms with Crippen LogP contribution in [-0.2, 0) is 11.3 Å². The van der Waals surface area contributed by atoms with E-state index in [1.54, 1.807) is 19.0 Å². The second-order valence-corrected chi connectivity index (χ2v) is 3.64. The summed E-state index contributed by atoms with van der Waals surface area (Å²) in [6, 6.07) is 0. The van der Waals surface area contributed by atoms with E-state index in [2.05, 4.69) is 10.3 Å². The Morgan fingerprint density at radius 3 is 2.60 bits per heavy atom. The van der Waals surface area contributed by atoms with Gasteiger partial charge in [0.1, 0.15) is 5.76 Å². The Morgan fingerprint density at radius 2 is 2.13 bits per heavy atom. The van der Waals surface area contributed by atoms with Crippen LogP contribution >= 0.6 is 0 Å². The lowest BCUT2D eigenvalue weighted by molar-refractivity contribution is -0.127. The minimum Gasteiger partial charge on any atom is -0.444 e. The molecule has 0 atom stereocenters. The van der Waals surface area contributed by atoms with Crippen molar-refractivity contribution in [2.24, 2.45) is 0 Å². The lowest BCUT2D eigenvalue weighted by Crippen LogP contribution is -2.32. The molecule has 5 nitrogen and oxygen atoms in total. The summed E-state index contributed by atoms with van der Waals surface area (Å²) in [7, 11) is 3.45.